The van der Waals surface area contributed by atoms with E-state index in [1.807, 2.05) is 5.38 Å². The topological polar surface area (TPSA) is 61.8 Å². The van der Waals surface area contributed by atoms with E-state index >= 15 is 0 Å². The van der Waals surface area contributed by atoms with Crippen molar-refractivity contribution in [2.24, 2.45) is 5.92 Å². The number of hydrogen-bond acceptors (Lipinski definition) is 5. The Balaban J connectivity index is 2.20. The number of thiophene rings is 1. The van der Waals surface area contributed by atoms with Crippen LogP contribution in [0.3, 0.4) is 0 Å². The molecule has 0 aliphatic carbocycles. The number of hydrogen-bond donors (Lipinski definition) is 2. The number of amides is 1. The first-order valence-corrected chi connectivity index (χ1v) is 7.73. The minimum absolute atomic E-state index is 0.0305. The van der Waals surface area contributed by atoms with Gasteiger partial charge in [-0.15, -0.1) is 11.3 Å². The number of carbonyl (C=O) groups is 1. The molecule has 1 aromatic rings. The Morgan fingerprint density at radius 2 is 2.40 bits per heavy atom. The third-order valence-corrected chi connectivity index (χ3v) is 4.65. The number of rotatable bonds is 4. The van der Waals surface area contributed by atoms with Crippen LogP contribution >= 0.6 is 11.3 Å². The molecule has 0 spiro atoms. The van der Waals surface area contributed by atoms with Crippen molar-refractivity contribution in [1.82, 2.24) is 10.2 Å². The van der Waals surface area contributed by atoms with E-state index in [2.05, 4.69) is 19.2 Å². The van der Waals surface area contributed by atoms with E-state index in [9.17, 15) is 9.90 Å². The molecule has 1 amide bonds. The maximum Gasteiger partial charge on any atom is 0.268 e. The predicted molar refractivity (Wildman–Crippen MR) is 79.4 cm³/mol. The lowest BCUT2D eigenvalue weighted by Gasteiger charge is -2.41. The van der Waals surface area contributed by atoms with Crippen LogP contribution in [0.15, 0.2) is 11.4 Å². The maximum absolute atomic E-state index is 12.7. The number of nitrogens with zero attached hydrogens (tertiary/aromatic N) is 1. The summed E-state index contributed by atoms with van der Waals surface area (Å²) >= 11 is 1.38. The molecule has 0 radical (unpaired) electrons. The van der Waals surface area contributed by atoms with Crippen molar-refractivity contribution in [3.63, 3.8) is 0 Å². The molecule has 0 aromatic carbocycles. The van der Waals surface area contributed by atoms with Crippen molar-refractivity contribution in [3.8, 4) is 5.75 Å². The van der Waals surface area contributed by atoms with Crippen LogP contribution in [0.1, 0.15) is 23.5 Å². The Labute approximate surface area is 123 Å². The molecule has 5 nitrogen and oxygen atoms in total. The van der Waals surface area contributed by atoms with Crippen molar-refractivity contribution in [1.29, 1.82) is 0 Å². The van der Waals surface area contributed by atoms with Gasteiger partial charge in [-0.2, -0.15) is 0 Å². The summed E-state index contributed by atoms with van der Waals surface area (Å²) in [5, 5.41) is 14.7. The van der Waals surface area contributed by atoms with Gasteiger partial charge >= 0.3 is 0 Å². The molecule has 1 saturated heterocycles. The zero-order chi connectivity index (χ0) is 14.7. The molecule has 2 rings (SSSR count). The van der Waals surface area contributed by atoms with E-state index in [-0.39, 0.29) is 24.6 Å². The molecule has 0 saturated carbocycles. The maximum atomic E-state index is 12.7. The molecular weight excluding hydrogens is 276 g/mol. The summed E-state index contributed by atoms with van der Waals surface area (Å²) in [5.41, 5.74) is 0. The van der Waals surface area contributed by atoms with Gasteiger partial charge in [0.1, 0.15) is 10.6 Å². The summed E-state index contributed by atoms with van der Waals surface area (Å²) in [6.07, 6.45) is 0. The summed E-state index contributed by atoms with van der Waals surface area (Å²) < 4.78 is 5.23. The number of carbonyl (C=O) groups excluding carboxylic acids is 1. The van der Waals surface area contributed by atoms with Crippen LogP contribution in [0.2, 0.25) is 0 Å². The average Bonchev–Trinajstić information content (AvgIpc) is 2.94. The van der Waals surface area contributed by atoms with Crippen molar-refractivity contribution in [2.75, 3.05) is 26.8 Å². The van der Waals surface area contributed by atoms with Crippen molar-refractivity contribution in [3.05, 3.63) is 16.3 Å². The fourth-order valence-corrected chi connectivity index (χ4v) is 3.24. The molecule has 6 heteroatoms. The van der Waals surface area contributed by atoms with E-state index in [4.69, 9.17) is 4.74 Å². The highest BCUT2D eigenvalue weighted by atomic mass is 32.1. The Kier molecular flexibility index (Phi) is 5.01. The quantitative estimate of drug-likeness (QED) is 0.876. The van der Waals surface area contributed by atoms with Gasteiger partial charge in [0, 0.05) is 19.1 Å². The van der Waals surface area contributed by atoms with E-state index in [1.54, 1.807) is 18.1 Å². The van der Waals surface area contributed by atoms with Crippen LogP contribution in [0, 0.1) is 5.92 Å². The minimum Gasteiger partial charge on any atom is -0.495 e. The van der Waals surface area contributed by atoms with E-state index < -0.39 is 0 Å². The molecule has 20 heavy (non-hydrogen) atoms. The number of methoxy groups -OCH3 is 1. The normalized spacial score (nSPS) is 23.1. The number of aliphatic hydroxyl groups is 1. The van der Waals surface area contributed by atoms with Gasteiger partial charge in [0.15, 0.2) is 0 Å². The average molecular weight is 298 g/mol. The van der Waals surface area contributed by atoms with Crippen LogP contribution < -0.4 is 10.1 Å². The Morgan fingerprint density at radius 3 is 3.00 bits per heavy atom. The largest absolute Gasteiger partial charge is 0.495 e. The minimum atomic E-state index is -0.177. The first-order chi connectivity index (χ1) is 9.58. The lowest BCUT2D eigenvalue weighted by atomic mass is 9.99. The summed E-state index contributed by atoms with van der Waals surface area (Å²) in [4.78, 5) is 15.1. The van der Waals surface area contributed by atoms with Crippen LogP contribution in [0.5, 0.6) is 5.75 Å². The zero-order valence-corrected chi connectivity index (χ0v) is 12.9. The fraction of sp³-hybridized carbons (Fsp3) is 0.643. The van der Waals surface area contributed by atoms with E-state index in [0.29, 0.717) is 29.6 Å². The van der Waals surface area contributed by atoms with Gasteiger partial charge in [-0.05, 0) is 17.4 Å². The molecule has 2 heterocycles. The number of ether oxygens (including phenoxy) is 1. The number of aliphatic hydroxyl groups excluding tert-OH is 1. The van der Waals surface area contributed by atoms with E-state index in [1.165, 1.54) is 11.3 Å². The second kappa shape index (κ2) is 6.56. The molecular formula is C14H22N2O3S. The molecule has 0 bridgehead atoms. The van der Waals surface area contributed by atoms with E-state index in [0.717, 1.165) is 0 Å². The summed E-state index contributed by atoms with van der Waals surface area (Å²) in [6.45, 7) is 5.47. The third-order valence-electron chi connectivity index (χ3n) is 3.77. The third kappa shape index (κ3) is 2.97. The molecule has 2 atom stereocenters. The Morgan fingerprint density at radius 1 is 1.65 bits per heavy atom. The number of piperazine rings is 1. The summed E-state index contributed by atoms with van der Waals surface area (Å²) in [7, 11) is 1.57. The predicted octanol–water partition coefficient (Wildman–Crippen LogP) is 1.19. The van der Waals surface area contributed by atoms with Crippen molar-refractivity contribution in [2.45, 2.75) is 25.9 Å². The molecule has 1 aromatic heterocycles. The molecule has 112 valence electrons. The van der Waals surface area contributed by atoms with Crippen molar-refractivity contribution >= 4 is 17.2 Å². The standard InChI is InChI=1S/C14H22N2O3S/c1-9(2)11-7-16(10(8-17)6-15-11)14(18)13-12(19-3)4-5-20-13/h4-5,9-11,15,17H,6-8H2,1-3H3. The summed E-state index contributed by atoms with van der Waals surface area (Å²) in [5.74, 6) is 0.995. The first kappa shape index (κ1) is 15.3. The SMILES string of the molecule is COc1ccsc1C(=O)N1CC(C(C)C)NCC1CO. The van der Waals surface area contributed by atoms with Gasteiger partial charge in [-0.3, -0.25) is 4.79 Å². The van der Waals surface area contributed by atoms with Gasteiger partial charge < -0.3 is 20.1 Å². The lowest BCUT2D eigenvalue weighted by molar-refractivity contribution is 0.0436. The van der Waals surface area contributed by atoms with Gasteiger partial charge in [0.05, 0.1) is 19.8 Å². The lowest BCUT2D eigenvalue weighted by Crippen LogP contribution is -2.60. The van der Waals surface area contributed by atoms with Crippen LogP contribution in [-0.2, 0) is 0 Å². The van der Waals surface area contributed by atoms with Crippen LogP contribution in [0.25, 0.3) is 0 Å². The highest BCUT2D eigenvalue weighted by Crippen LogP contribution is 2.27. The number of nitrogens with one attached hydrogen (secondary N) is 1. The van der Waals surface area contributed by atoms with Gasteiger partial charge in [-0.25, -0.2) is 0 Å². The summed E-state index contributed by atoms with van der Waals surface area (Å²) in [6, 6.07) is 1.88. The Bertz CT molecular complexity index is 461. The highest BCUT2D eigenvalue weighted by Gasteiger charge is 2.34. The molecule has 1 aliphatic heterocycles. The Hall–Kier alpha value is -1.11. The van der Waals surface area contributed by atoms with Gasteiger partial charge in [0.25, 0.3) is 5.91 Å². The molecule has 1 fully saturated rings. The highest BCUT2D eigenvalue weighted by molar-refractivity contribution is 7.12. The molecule has 2 N–H and O–H groups in total. The van der Waals surface area contributed by atoms with Crippen LogP contribution in [0.4, 0.5) is 0 Å². The van der Waals surface area contributed by atoms with Gasteiger partial charge in [0.2, 0.25) is 0 Å². The molecule has 2 unspecified atom stereocenters. The zero-order valence-electron chi connectivity index (χ0n) is 12.1. The van der Waals surface area contributed by atoms with Gasteiger partial charge in [-0.1, -0.05) is 13.8 Å². The monoisotopic (exact) mass is 298 g/mol. The fourth-order valence-electron chi connectivity index (χ4n) is 2.43. The van der Waals surface area contributed by atoms with Crippen LogP contribution in [-0.4, -0.2) is 54.8 Å². The first-order valence-electron chi connectivity index (χ1n) is 6.85. The molecule has 1 aliphatic rings. The second-order valence-corrected chi connectivity index (χ2v) is 6.29. The van der Waals surface area contributed by atoms with Crippen molar-refractivity contribution < 1.29 is 14.6 Å². The smallest absolute Gasteiger partial charge is 0.268 e. The second-order valence-electron chi connectivity index (χ2n) is 5.37.